The van der Waals surface area contributed by atoms with Gasteiger partial charge in [0.1, 0.15) is 17.2 Å². The standard InChI is InChI=1S/C29H35N3O3/c1-20-21(2)32(18-6-17-31(3)4)28-16-15-26(19-27(20)28)35-25-11-7-22(8-12-25)29(33)30-23-9-13-24(34-5)14-10-23/h7-16,19,29-30,33H,6,17-18H2,1-5H3. The molecule has 1 atom stereocenters. The van der Waals surface area contributed by atoms with Crippen molar-refractivity contribution in [3.63, 3.8) is 0 Å². The van der Waals surface area contributed by atoms with Crippen LogP contribution in [0.15, 0.2) is 66.7 Å². The van der Waals surface area contributed by atoms with Crippen LogP contribution in [0.1, 0.15) is 29.5 Å². The highest BCUT2D eigenvalue weighted by Gasteiger charge is 2.13. The fourth-order valence-corrected chi connectivity index (χ4v) is 4.31. The van der Waals surface area contributed by atoms with Gasteiger partial charge >= 0.3 is 0 Å². The molecule has 2 N–H and O–H groups in total. The van der Waals surface area contributed by atoms with Gasteiger partial charge in [0.05, 0.1) is 7.11 Å². The third kappa shape index (κ3) is 5.78. The van der Waals surface area contributed by atoms with E-state index in [0.717, 1.165) is 48.0 Å². The Labute approximate surface area is 207 Å². The van der Waals surface area contributed by atoms with Crippen molar-refractivity contribution in [1.29, 1.82) is 0 Å². The second-order valence-electron chi connectivity index (χ2n) is 9.14. The number of aliphatic hydroxyl groups is 1. The van der Waals surface area contributed by atoms with Crippen molar-refractivity contribution in [2.24, 2.45) is 0 Å². The molecule has 0 amide bonds. The summed E-state index contributed by atoms with van der Waals surface area (Å²) in [7, 11) is 5.85. The number of ether oxygens (including phenoxy) is 2. The first-order chi connectivity index (χ1) is 16.9. The van der Waals surface area contributed by atoms with Crippen molar-refractivity contribution in [2.45, 2.75) is 33.0 Å². The van der Waals surface area contributed by atoms with Crippen molar-refractivity contribution >= 4 is 16.6 Å². The number of aliphatic hydroxyl groups excluding tert-OH is 1. The van der Waals surface area contributed by atoms with Gasteiger partial charge in [0.25, 0.3) is 0 Å². The first-order valence-corrected chi connectivity index (χ1v) is 12.0. The Morgan fingerprint density at radius 1 is 0.914 bits per heavy atom. The number of hydrogen-bond acceptors (Lipinski definition) is 5. The van der Waals surface area contributed by atoms with Crippen LogP contribution in [0.5, 0.6) is 17.2 Å². The first-order valence-electron chi connectivity index (χ1n) is 12.0. The summed E-state index contributed by atoms with van der Waals surface area (Å²) in [5, 5.41) is 14.9. The summed E-state index contributed by atoms with van der Waals surface area (Å²) in [6.45, 7) is 6.44. The minimum Gasteiger partial charge on any atom is -0.497 e. The van der Waals surface area contributed by atoms with E-state index >= 15 is 0 Å². The summed E-state index contributed by atoms with van der Waals surface area (Å²) in [6.07, 6.45) is 0.285. The van der Waals surface area contributed by atoms with Crippen LogP contribution in [-0.2, 0) is 6.54 Å². The van der Waals surface area contributed by atoms with Gasteiger partial charge in [-0.3, -0.25) is 0 Å². The lowest BCUT2D eigenvalue weighted by Crippen LogP contribution is -2.15. The number of rotatable bonds is 10. The molecule has 4 rings (SSSR count). The summed E-state index contributed by atoms with van der Waals surface area (Å²) >= 11 is 0. The van der Waals surface area contributed by atoms with Crippen LogP contribution in [0.4, 0.5) is 5.69 Å². The third-order valence-electron chi connectivity index (χ3n) is 6.42. The van der Waals surface area contributed by atoms with Gasteiger partial charge in [-0.1, -0.05) is 12.1 Å². The molecule has 0 aliphatic carbocycles. The second-order valence-corrected chi connectivity index (χ2v) is 9.14. The molecule has 35 heavy (non-hydrogen) atoms. The van der Waals surface area contributed by atoms with Crippen LogP contribution < -0.4 is 14.8 Å². The van der Waals surface area contributed by atoms with E-state index in [1.54, 1.807) is 7.11 Å². The molecule has 1 aromatic heterocycles. The zero-order valence-corrected chi connectivity index (χ0v) is 21.2. The molecule has 0 radical (unpaired) electrons. The molecule has 6 heteroatoms. The highest BCUT2D eigenvalue weighted by Crippen LogP contribution is 2.32. The lowest BCUT2D eigenvalue weighted by molar-refractivity contribution is 0.208. The van der Waals surface area contributed by atoms with E-state index in [1.165, 1.54) is 22.2 Å². The zero-order valence-electron chi connectivity index (χ0n) is 21.2. The van der Waals surface area contributed by atoms with Gasteiger partial charge in [-0.25, -0.2) is 0 Å². The van der Waals surface area contributed by atoms with Gasteiger partial charge in [-0.2, -0.15) is 0 Å². The monoisotopic (exact) mass is 473 g/mol. The number of methoxy groups -OCH3 is 1. The van der Waals surface area contributed by atoms with E-state index in [9.17, 15) is 5.11 Å². The van der Waals surface area contributed by atoms with Crippen LogP contribution in [0, 0.1) is 13.8 Å². The largest absolute Gasteiger partial charge is 0.497 e. The number of aryl methyl sites for hydroxylation is 2. The van der Waals surface area contributed by atoms with E-state index in [4.69, 9.17) is 9.47 Å². The smallest absolute Gasteiger partial charge is 0.150 e. The molecule has 0 aliphatic rings. The molecular formula is C29H35N3O3. The molecule has 0 aliphatic heterocycles. The van der Waals surface area contributed by atoms with E-state index < -0.39 is 6.23 Å². The van der Waals surface area contributed by atoms with Gasteiger partial charge in [-0.15, -0.1) is 0 Å². The Bertz CT molecular complexity index is 1260. The lowest BCUT2D eigenvalue weighted by Gasteiger charge is -2.15. The number of benzene rings is 3. The number of aromatic nitrogens is 1. The fourth-order valence-electron chi connectivity index (χ4n) is 4.31. The topological polar surface area (TPSA) is 58.9 Å². The normalized spacial score (nSPS) is 12.2. The Morgan fingerprint density at radius 2 is 1.57 bits per heavy atom. The van der Waals surface area contributed by atoms with Gasteiger partial charge in [0, 0.05) is 34.4 Å². The zero-order chi connectivity index (χ0) is 24.9. The molecule has 0 saturated heterocycles. The highest BCUT2D eigenvalue weighted by atomic mass is 16.5. The fraction of sp³-hybridized carbons (Fsp3) is 0.310. The summed E-state index contributed by atoms with van der Waals surface area (Å²) in [6, 6.07) is 21.2. The predicted octanol–water partition coefficient (Wildman–Crippen LogP) is 6.11. The number of anilines is 1. The van der Waals surface area contributed by atoms with Gasteiger partial charge in [-0.05, 0) is 101 Å². The van der Waals surface area contributed by atoms with Crippen molar-refractivity contribution in [2.75, 3.05) is 33.1 Å². The van der Waals surface area contributed by atoms with Crippen LogP contribution in [-0.4, -0.2) is 42.3 Å². The molecule has 0 spiro atoms. The van der Waals surface area contributed by atoms with Gasteiger partial charge in [0.2, 0.25) is 0 Å². The molecule has 184 valence electrons. The lowest BCUT2D eigenvalue weighted by atomic mass is 10.1. The molecule has 6 nitrogen and oxygen atoms in total. The molecule has 4 aromatic rings. The Kier molecular flexibility index (Phi) is 7.63. The molecule has 0 saturated carbocycles. The SMILES string of the molecule is COc1ccc(NC(O)c2ccc(Oc3ccc4c(c3)c(C)c(C)n4CCCN(C)C)cc2)cc1. The minimum atomic E-state index is -0.827. The van der Waals surface area contributed by atoms with Crippen molar-refractivity contribution in [1.82, 2.24) is 9.47 Å². The van der Waals surface area contributed by atoms with E-state index in [0.29, 0.717) is 0 Å². The van der Waals surface area contributed by atoms with Crippen molar-refractivity contribution < 1.29 is 14.6 Å². The average molecular weight is 474 g/mol. The summed E-state index contributed by atoms with van der Waals surface area (Å²) in [4.78, 5) is 2.22. The van der Waals surface area contributed by atoms with Crippen LogP contribution >= 0.6 is 0 Å². The van der Waals surface area contributed by atoms with E-state index in [2.05, 4.69) is 54.9 Å². The van der Waals surface area contributed by atoms with Crippen LogP contribution in [0.25, 0.3) is 10.9 Å². The third-order valence-corrected chi connectivity index (χ3v) is 6.42. The van der Waals surface area contributed by atoms with Crippen molar-refractivity contribution in [3.05, 3.63) is 83.6 Å². The van der Waals surface area contributed by atoms with Crippen LogP contribution in [0.2, 0.25) is 0 Å². The maximum absolute atomic E-state index is 10.6. The maximum atomic E-state index is 10.6. The Balaban J connectivity index is 1.44. The highest BCUT2D eigenvalue weighted by molar-refractivity contribution is 5.86. The number of nitrogens with one attached hydrogen (secondary N) is 1. The molecular weight excluding hydrogens is 438 g/mol. The van der Waals surface area contributed by atoms with Gasteiger partial charge in [0.15, 0.2) is 6.23 Å². The van der Waals surface area contributed by atoms with E-state index in [-0.39, 0.29) is 0 Å². The van der Waals surface area contributed by atoms with Crippen LogP contribution in [0.3, 0.4) is 0 Å². The summed E-state index contributed by atoms with van der Waals surface area (Å²) in [5.41, 5.74) is 5.40. The molecule has 0 fully saturated rings. The molecule has 1 unspecified atom stereocenters. The Hall–Kier alpha value is -3.48. The number of nitrogens with zero attached hydrogens (tertiary/aromatic N) is 2. The second kappa shape index (κ2) is 10.8. The molecule has 3 aromatic carbocycles. The number of fused-ring (bicyclic) bond motifs is 1. The number of hydrogen-bond donors (Lipinski definition) is 2. The van der Waals surface area contributed by atoms with E-state index in [1.807, 2.05) is 54.6 Å². The first kappa shape index (κ1) is 24.6. The van der Waals surface area contributed by atoms with Gasteiger partial charge < -0.3 is 29.4 Å². The van der Waals surface area contributed by atoms with Crippen molar-refractivity contribution in [3.8, 4) is 17.2 Å². The molecule has 1 heterocycles. The average Bonchev–Trinajstić information content (AvgIpc) is 3.09. The minimum absolute atomic E-state index is 0.726. The Morgan fingerprint density at radius 3 is 2.23 bits per heavy atom. The summed E-state index contributed by atoms with van der Waals surface area (Å²) in [5.74, 6) is 2.30. The molecule has 0 bridgehead atoms. The maximum Gasteiger partial charge on any atom is 0.150 e. The summed E-state index contributed by atoms with van der Waals surface area (Å²) < 4.78 is 13.7. The predicted molar refractivity (Wildman–Crippen MR) is 143 cm³/mol. The quantitative estimate of drug-likeness (QED) is 0.272.